The molecular formula is C15H25ClN2O. The lowest BCUT2D eigenvalue weighted by Gasteiger charge is -2.24. The monoisotopic (exact) mass is 284 g/mol. The lowest BCUT2D eigenvalue weighted by atomic mass is 10.0. The van der Waals surface area contributed by atoms with Crippen molar-refractivity contribution < 1.29 is 4.74 Å². The number of benzene rings is 1. The van der Waals surface area contributed by atoms with Crippen molar-refractivity contribution in [1.29, 1.82) is 0 Å². The first kappa shape index (κ1) is 16.3. The minimum Gasteiger partial charge on any atom is -0.489 e. The second-order valence-electron chi connectivity index (χ2n) is 4.90. The van der Waals surface area contributed by atoms with Crippen LogP contribution in [0.1, 0.15) is 46.0 Å². The third kappa shape index (κ3) is 6.28. The Morgan fingerprint density at radius 1 is 1.32 bits per heavy atom. The average Bonchev–Trinajstić information content (AvgIpc) is 2.38. The van der Waals surface area contributed by atoms with Gasteiger partial charge in [-0.3, -0.25) is 11.3 Å². The first-order chi connectivity index (χ1) is 9.17. The summed E-state index contributed by atoms with van der Waals surface area (Å²) in [5, 5.41) is 0.685. The molecule has 0 radical (unpaired) electrons. The molecule has 0 aliphatic rings. The standard InChI is InChI=1S/C15H25ClN2O/c1-3-4-5-6-10-15(18-17)12(2)19-14-9-7-8-13(16)11-14/h7-9,11-12,15,18H,3-6,10,17H2,1-2H3. The SMILES string of the molecule is CCCCCCC(NN)C(C)Oc1cccc(Cl)c1. The van der Waals surface area contributed by atoms with Gasteiger partial charge in [0.2, 0.25) is 0 Å². The maximum Gasteiger partial charge on any atom is 0.121 e. The van der Waals surface area contributed by atoms with E-state index in [0.717, 1.165) is 12.2 Å². The third-order valence-corrected chi connectivity index (χ3v) is 3.50. The van der Waals surface area contributed by atoms with Gasteiger partial charge in [-0.1, -0.05) is 50.3 Å². The predicted molar refractivity (Wildman–Crippen MR) is 81.4 cm³/mol. The van der Waals surface area contributed by atoms with Crippen LogP contribution in [0.4, 0.5) is 0 Å². The Labute approximate surface area is 121 Å². The Morgan fingerprint density at radius 2 is 2.11 bits per heavy atom. The Morgan fingerprint density at radius 3 is 2.74 bits per heavy atom. The number of nitrogens with one attached hydrogen (secondary N) is 1. The van der Waals surface area contributed by atoms with E-state index < -0.39 is 0 Å². The molecule has 2 atom stereocenters. The summed E-state index contributed by atoms with van der Waals surface area (Å²) in [6, 6.07) is 7.62. The molecule has 3 nitrogen and oxygen atoms in total. The number of ether oxygens (including phenoxy) is 1. The molecule has 3 N–H and O–H groups in total. The summed E-state index contributed by atoms with van der Waals surface area (Å²) in [5.41, 5.74) is 2.86. The van der Waals surface area contributed by atoms with Gasteiger partial charge in [0.15, 0.2) is 0 Å². The first-order valence-corrected chi connectivity index (χ1v) is 7.43. The number of nitrogens with two attached hydrogens (primary N) is 1. The van der Waals surface area contributed by atoms with Crippen LogP contribution in [-0.2, 0) is 0 Å². The van der Waals surface area contributed by atoms with Crippen molar-refractivity contribution >= 4 is 11.6 Å². The maximum atomic E-state index is 5.94. The van der Waals surface area contributed by atoms with Crippen LogP contribution in [0.25, 0.3) is 0 Å². The van der Waals surface area contributed by atoms with Crippen LogP contribution in [0.2, 0.25) is 5.02 Å². The van der Waals surface area contributed by atoms with Crippen molar-refractivity contribution in [3.8, 4) is 5.75 Å². The maximum absolute atomic E-state index is 5.94. The van der Waals surface area contributed by atoms with Crippen molar-refractivity contribution in [3.05, 3.63) is 29.3 Å². The van der Waals surface area contributed by atoms with Crippen LogP contribution in [0.5, 0.6) is 5.75 Å². The minimum absolute atomic E-state index is 0.0186. The average molecular weight is 285 g/mol. The fraction of sp³-hybridized carbons (Fsp3) is 0.600. The van der Waals surface area contributed by atoms with Crippen molar-refractivity contribution in [2.24, 2.45) is 5.84 Å². The molecule has 0 saturated carbocycles. The highest BCUT2D eigenvalue weighted by Gasteiger charge is 2.17. The summed E-state index contributed by atoms with van der Waals surface area (Å²) in [6.07, 6.45) is 5.99. The molecular weight excluding hydrogens is 260 g/mol. The molecule has 1 rings (SSSR count). The van der Waals surface area contributed by atoms with E-state index in [1.807, 2.05) is 31.2 Å². The fourth-order valence-electron chi connectivity index (χ4n) is 2.08. The van der Waals surface area contributed by atoms with Gasteiger partial charge in [0.25, 0.3) is 0 Å². The topological polar surface area (TPSA) is 47.3 Å². The van der Waals surface area contributed by atoms with Gasteiger partial charge in [-0.2, -0.15) is 0 Å². The van der Waals surface area contributed by atoms with E-state index in [-0.39, 0.29) is 12.1 Å². The van der Waals surface area contributed by atoms with Gasteiger partial charge in [0.1, 0.15) is 11.9 Å². The summed E-state index contributed by atoms with van der Waals surface area (Å²) in [4.78, 5) is 0. The normalized spacial score (nSPS) is 14.1. The quantitative estimate of drug-likeness (QED) is 0.411. The molecule has 0 aromatic heterocycles. The van der Waals surface area contributed by atoms with Gasteiger partial charge in [-0.05, 0) is 31.5 Å². The Hall–Kier alpha value is -0.770. The summed E-state index contributed by atoms with van der Waals surface area (Å²) < 4.78 is 5.88. The molecule has 2 unspecified atom stereocenters. The lowest BCUT2D eigenvalue weighted by molar-refractivity contribution is 0.163. The molecule has 0 saturated heterocycles. The van der Waals surface area contributed by atoms with Crippen LogP contribution < -0.4 is 16.0 Å². The van der Waals surface area contributed by atoms with Crippen molar-refractivity contribution in [3.63, 3.8) is 0 Å². The minimum atomic E-state index is 0.0186. The fourth-order valence-corrected chi connectivity index (χ4v) is 2.26. The van der Waals surface area contributed by atoms with Gasteiger partial charge in [0, 0.05) is 5.02 Å². The summed E-state index contributed by atoms with van der Waals surface area (Å²) in [5.74, 6) is 6.40. The predicted octanol–water partition coefficient (Wildman–Crippen LogP) is 3.91. The van der Waals surface area contributed by atoms with Crippen molar-refractivity contribution in [2.75, 3.05) is 0 Å². The van der Waals surface area contributed by atoms with Gasteiger partial charge >= 0.3 is 0 Å². The van der Waals surface area contributed by atoms with E-state index >= 15 is 0 Å². The third-order valence-electron chi connectivity index (χ3n) is 3.27. The molecule has 0 fully saturated rings. The van der Waals surface area contributed by atoms with E-state index in [1.165, 1.54) is 25.7 Å². The zero-order valence-corrected chi connectivity index (χ0v) is 12.6. The largest absolute Gasteiger partial charge is 0.489 e. The zero-order chi connectivity index (χ0) is 14.1. The molecule has 0 spiro atoms. The van der Waals surface area contributed by atoms with Gasteiger partial charge in [-0.15, -0.1) is 0 Å². The highest BCUT2D eigenvalue weighted by molar-refractivity contribution is 6.30. The van der Waals surface area contributed by atoms with Gasteiger partial charge in [0.05, 0.1) is 6.04 Å². The molecule has 1 aromatic carbocycles. The number of hydrogen-bond acceptors (Lipinski definition) is 3. The number of hydrazine groups is 1. The molecule has 1 aromatic rings. The van der Waals surface area contributed by atoms with Crippen molar-refractivity contribution in [1.82, 2.24) is 5.43 Å². The number of hydrogen-bond donors (Lipinski definition) is 2. The smallest absolute Gasteiger partial charge is 0.121 e. The van der Waals surface area contributed by atoms with Gasteiger partial charge in [-0.25, -0.2) is 0 Å². The molecule has 0 aliphatic heterocycles. The van der Waals surface area contributed by atoms with E-state index in [4.69, 9.17) is 22.2 Å². The van der Waals surface area contributed by atoms with Gasteiger partial charge < -0.3 is 4.74 Å². The molecule has 108 valence electrons. The highest BCUT2D eigenvalue weighted by Crippen LogP contribution is 2.20. The summed E-state index contributed by atoms with van der Waals surface area (Å²) in [6.45, 7) is 4.24. The molecule has 0 heterocycles. The lowest BCUT2D eigenvalue weighted by Crippen LogP contribution is -2.45. The van der Waals surface area contributed by atoms with E-state index in [0.29, 0.717) is 5.02 Å². The van der Waals surface area contributed by atoms with Crippen LogP contribution in [0.3, 0.4) is 0 Å². The number of unbranched alkanes of at least 4 members (excludes halogenated alkanes) is 3. The van der Waals surface area contributed by atoms with Crippen LogP contribution in [0.15, 0.2) is 24.3 Å². The first-order valence-electron chi connectivity index (χ1n) is 7.05. The molecule has 19 heavy (non-hydrogen) atoms. The van der Waals surface area contributed by atoms with Crippen LogP contribution in [0, 0.1) is 0 Å². The Balaban J connectivity index is 2.42. The van der Waals surface area contributed by atoms with Crippen molar-refractivity contribution in [2.45, 2.75) is 58.1 Å². The van der Waals surface area contributed by atoms with E-state index in [1.54, 1.807) is 0 Å². The van der Waals surface area contributed by atoms with E-state index in [2.05, 4.69) is 12.3 Å². The molecule has 0 aliphatic carbocycles. The Bertz CT molecular complexity index is 360. The number of rotatable bonds is 9. The molecule has 4 heteroatoms. The molecule has 0 bridgehead atoms. The van der Waals surface area contributed by atoms with E-state index in [9.17, 15) is 0 Å². The van der Waals surface area contributed by atoms with Crippen LogP contribution >= 0.6 is 11.6 Å². The zero-order valence-electron chi connectivity index (χ0n) is 11.9. The molecule has 0 amide bonds. The Kier molecular flexibility index (Phi) is 7.87. The second-order valence-corrected chi connectivity index (χ2v) is 5.34. The highest BCUT2D eigenvalue weighted by atomic mass is 35.5. The second kappa shape index (κ2) is 9.18. The summed E-state index contributed by atoms with van der Waals surface area (Å²) in [7, 11) is 0. The number of halogens is 1. The van der Waals surface area contributed by atoms with Crippen LogP contribution in [-0.4, -0.2) is 12.1 Å². The summed E-state index contributed by atoms with van der Waals surface area (Å²) >= 11 is 5.94.